The highest BCUT2D eigenvalue weighted by Crippen LogP contribution is 2.32. The fourth-order valence-electron chi connectivity index (χ4n) is 2.38. The first-order chi connectivity index (χ1) is 10.0. The van der Waals surface area contributed by atoms with E-state index in [-0.39, 0.29) is 18.1 Å². The highest BCUT2D eigenvalue weighted by atomic mass is 19.1. The van der Waals surface area contributed by atoms with Gasteiger partial charge >= 0.3 is 0 Å². The molecule has 0 radical (unpaired) electrons. The molecule has 116 valence electrons. The Hall–Kier alpha value is -1.73. The van der Waals surface area contributed by atoms with Crippen molar-refractivity contribution in [3.8, 4) is 5.75 Å². The van der Waals surface area contributed by atoms with Crippen LogP contribution in [0.4, 0.5) is 14.5 Å². The van der Waals surface area contributed by atoms with Crippen molar-refractivity contribution in [1.29, 1.82) is 0 Å². The molecule has 0 spiro atoms. The zero-order chi connectivity index (χ0) is 15.5. The van der Waals surface area contributed by atoms with E-state index < -0.39 is 22.8 Å². The third kappa shape index (κ3) is 3.14. The highest BCUT2D eigenvalue weighted by molar-refractivity contribution is 5.95. The Morgan fingerprint density at radius 2 is 1.95 bits per heavy atom. The number of halogens is 2. The zero-order valence-electron chi connectivity index (χ0n) is 11.7. The number of carbonyl (C=O) groups excluding carboxylic acids is 1. The Morgan fingerprint density at radius 3 is 2.43 bits per heavy atom. The summed E-state index contributed by atoms with van der Waals surface area (Å²) >= 11 is 0. The topological polar surface area (TPSA) is 73.6 Å². The number of hydrogen-bond donors (Lipinski definition) is 2. The standard InChI is InChI=1S/C14H18F2N2O3/c1-20-12-10(15)6-9(7-11(12)16)18-13(19)14(8-17)2-4-21-5-3-14/h6-7H,2-5,8,17H2,1H3,(H,18,19). The van der Waals surface area contributed by atoms with E-state index in [1.165, 1.54) is 7.11 Å². The van der Waals surface area contributed by atoms with Crippen molar-refractivity contribution in [3.63, 3.8) is 0 Å². The lowest BCUT2D eigenvalue weighted by Crippen LogP contribution is -2.46. The molecule has 0 atom stereocenters. The van der Waals surface area contributed by atoms with Gasteiger partial charge in [-0.3, -0.25) is 4.79 Å². The molecule has 0 saturated carbocycles. The van der Waals surface area contributed by atoms with E-state index in [2.05, 4.69) is 10.1 Å². The van der Waals surface area contributed by atoms with Crippen LogP contribution in [0.5, 0.6) is 5.75 Å². The lowest BCUT2D eigenvalue weighted by molar-refractivity contribution is -0.130. The molecule has 0 aliphatic carbocycles. The highest BCUT2D eigenvalue weighted by Gasteiger charge is 2.38. The summed E-state index contributed by atoms with van der Waals surface area (Å²) in [5.74, 6) is -2.58. The van der Waals surface area contributed by atoms with Crippen LogP contribution in [0.2, 0.25) is 0 Å². The third-order valence-corrected chi connectivity index (χ3v) is 3.78. The number of carbonyl (C=O) groups is 1. The number of nitrogens with two attached hydrogens (primary N) is 1. The van der Waals surface area contributed by atoms with Gasteiger partial charge in [-0.15, -0.1) is 0 Å². The van der Waals surface area contributed by atoms with Crippen LogP contribution in [-0.4, -0.2) is 32.8 Å². The summed E-state index contributed by atoms with van der Waals surface area (Å²) in [5, 5.41) is 2.53. The van der Waals surface area contributed by atoms with Gasteiger partial charge in [0.25, 0.3) is 0 Å². The van der Waals surface area contributed by atoms with Crippen LogP contribution in [0.1, 0.15) is 12.8 Å². The first-order valence-electron chi connectivity index (χ1n) is 6.65. The second-order valence-electron chi connectivity index (χ2n) is 5.02. The molecular formula is C14H18F2N2O3. The Bertz CT molecular complexity index is 508. The molecule has 1 heterocycles. The lowest BCUT2D eigenvalue weighted by Gasteiger charge is -2.34. The summed E-state index contributed by atoms with van der Waals surface area (Å²) in [5.41, 5.74) is 4.99. The van der Waals surface area contributed by atoms with Crippen LogP contribution in [0, 0.1) is 17.0 Å². The van der Waals surface area contributed by atoms with E-state index in [0.29, 0.717) is 26.1 Å². The number of amides is 1. The maximum Gasteiger partial charge on any atom is 0.232 e. The first-order valence-corrected chi connectivity index (χ1v) is 6.65. The second-order valence-corrected chi connectivity index (χ2v) is 5.02. The zero-order valence-corrected chi connectivity index (χ0v) is 11.7. The first kappa shape index (κ1) is 15.7. The monoisotopic (exact) mass is 300 g/mol. The van der Waals surface area contributed by atoms with E-state index in [0.717, 1.165) is 12.1 Å². The van der Waals surface area contributed by atoms with Crippen molar-refractivity contribution in [2.45, 2.75) is 12.8 Å². The molecule has 3 N–H and O–H groups in total. The Labute approximate surface area is 121 Å². The molecule has 1 fully saturated rings. The van der Waals surface area contributed by atoms with Gasteiger partial charge in [-0.25, -0.2) is 8.78 Å². The van der Waals surface area contributed by atoms with Crippen LogP contribution in [0.15, 0.2) is 12.1 Å². The average molecular weight is 300 g/mol. The SMILES string of the molecule is COc1c(F)cc(NC(=O)C2(CN)CCOCC2)cc1F. The third-order valence-electron chi connectivity index (χ3n) is 3.78. The summed E-state index contributed by atoms with van der Waals surface area (Å²) in [6.07, 6.45) is 0.965. The van der Waals surface area contributed by atoms with E-state index >= 15 is 0 Å². The van der Waals surface area contributed by atoms with Gasteiger partial charge in [-0.1, -0.05) is 0 Å². The summed E-state index contributed by atoms with van der Waals surface area (Å²) < 4.78 is 37.1. The Morgan fingerprint density at radius 1 is 1.38 bits per heavy atom. The van der Waals surface area contributed by atoms with Gasteiger partial charge in [0.15, 0.2) is 17.4 Å². The fraction of sp³-hybridized carbons (Fsp3) is 0.500. The number of methoxy groups -OCH3 is 1. The second kappa shape index (κ2) is 6.36. The molecule has 21 heavy (non-hydrogen) atoms. The molecule has 0 unspecified atom stereocenters. The molecule has 7 heteroatoms. The minimum atomic E-state index is -0.874. The van der Waals surface area contributed by atoms with Crippen LogP contribution in [-0.2, 0) is 9.53 Å². The van der Waals surface area contributed by atoms with Crippen molar-refractivity contribution in [1.82, 2.24) is 0 Å². The van der Waals surface area contributed by atoms with Crippen molar-refractivity contribution in [2.75, 3.05) is 32.2 Å². The maximum absolute atomic E-state index is 13.6. The van der Waals surface area contributed by atoms with Crippen LogP contribution in [0.25, 0.3) is 0 Å². The minimum Gasteiger partial charge on any atom is -0.491 e. The fourth-order valence-corrected chi connectivity index (χ4v) is 2.38. The molecular weight excluding hydrogens is 282 g/mol. The number of hydrogen-bond acceptors (Lipinski definition) is 4. The molecule has 2 rings (SSSR count). The quantitative estimate of drug-likeness (QED) is 0.887. The molecule has 1 amide bonds. The van der Waals surface area contributed by atoms with Crippen molar-refractivity contribution in [2.24, 2.45) is 11.1 Å². The Balaban J connectivity index is 2.19. The van der Waals surface area contributed by atoms with Crippen LogP contribution < -0.4 is 15.8 Å². The van der Waals surface area contributed by atoms with E-state index in [1.54, 1.807) is 0 Å². The predicted molar refractivity (Wildman–Crippen MR) is 73.1 cm³/mol. The van der Waals surface area contributed by atoms with E-state index in [4.69, 9.17) is 10.5 Å². The van der Waals surface area contributed by atoms with Gasteiger partial charge in [0, 0.05) is 37.6 Å². The van der Waals surface area contributed by atoms with Crippen molar-refractivity contribution in [3.05, 3.63) is 23.8 Å². The predicted octanol–water partition coefficient (Wildman–Crippen LogP) is 1.67. The lowest BCUT2D eigenvalue weighted by atomic mass is 9.79. The van der Waals surface area contributed by atoms with Crippen LogP contribution in [0.3, 0.4) is 0 Å². The van der Waals surface area contributed by atoms with Crippen molar-refractivity contribution < 1.29 is 23.0 Å². The molecule has 1 aromatic rings. The van der Waals surface area contributed by atoms with E-state index in [1.807, 2.05) is 0 Å². The number of ether oxygens (including phenoxy) is 2. The number of nitrogens with one attached hydrogen (secondary N) is 1. The summed E-state index contributed by atoms with van der Waals surface area (Å²) in [4.78, 5) is 12.4. The molecule has 1 aromatic carbocycles. The molecule has 1 saturated heterocycles. The maximum atomic E-state index is 13.6. The van der Waals surface area contributed by atoms with Gasteiger partial charge in [-0.05, 0) is 12.8 Å². The van der Waals surface area contributed by atoms with Gasteiger partial charge in [0.1, 0.15) is 0 Å². The van der Waals surface area contributed by atoms with Gasteiger partial charge < -0.3 is 20.5 Å². The molecule has 5 nitrogen and oxygen atoms in total. The normalized spacial score (nSPS) is 17.3. The smallest absolute Gasteiger partial charge is 0.232 e. The largest absolute Gasteiger partial charge is 0.491 e. The van der Waals surface area contributed by atoms with Gasteiger partial charge in [0.2, 0.25) is 5.91 Å². The average Bonchev–Trinajstić information content (AvgIpc) is 2.47. The van der Waals surface area contributed by atoms with E-state index in [9.17, 15) is 13.6 Å². The number of rotatable bonds is 4. The minimum absolute atomic E-state index is 0.0371. The summed E-state index contributed by atoms with van der Waals surface area (Å²) in [6.45, 7) is 1.04. The van der Waals surface area contributed by atoms with Crippen LogP contribution >= 0.6 is 0 Å². The molecule has 1 aliphatic heterocycles. The summed E-state index contributed by atoms with van der Waals surface area (Å²) in [7, 11) is 1.17. The summed E-state index contributed by atoms with van der Waals surface area (Å²) in [6, 6.07) is 2.03. The van der Waals surface area contributed by atoms with Gasteiger partial charge in [0.05, 0.1) is 12.5 Å². The van der Waals surface area contributed by atoms with Gasteiger partial charge in [-0.2, -0.15) is 0 Å². The number of benzene rings is 1. The molecule has 0 aromatic heterocycles. The molecule has 1 aliphatic rings. The Kier molecular flexibility index (Phi) is 4.74. The van der Waals surface area contributed by atoms with Crippen molar-refractivity contribution >= 4 is 11.6 Å². The molecule has 0 bridgehead atoms. The number of anilines is 1.